The van der Waals surface area contributed by atoms with Gasteiger partial charge in [-0.25, -0.2) is 0 Å². The predicted octanol–water partition coefficient (Wildman–Crippen LogP) is 1.90. The van der Waals surface area contributed by atoms with Crippen LogP contribution in [0, 0.1) is 5.92 Å². The van der Waals surface area contributed by atoms with Crippen LogP contribution in [0.4, 0.5) is 0 Å². The lowest BCUT2D eigenvalue weighted by Gasteiger charge is -2.19. The first-order valence-corrected chi connectivity index (χ1v) is 3.99. The van der Waals surface area contributed by atoms with E-state index >= 15 is 0 Å². The lowest BCUT2D eigenvalue weighted by molar-refractivity contribution is 0.427. The van der Waals surface area contributed by atoms with Crippen molar-refractivity contribution >= 4 is 12.6 Å². The van der Waals surface area contributed by atoms with Crippen LogP contribution in [-0.2, 0) is 0 Å². The SMILES string of the molecule is CC(C)[C@@H](C)N[C@H](C)S. The molecule has 0 aliphatic rings. The molecule has 0 amide bonds. The van der Waals surface area contributed by atoms with Gasteiger partial charge in [0, 0.05) is 11.4 Å². The second kappa shape index (κ2) is 4.18. The molecule has 0 saturated carbocycles. The summed E-state index contributed by atoms with van der Waals surface area (Å²) in [5.41, 5.74) is 0. The lowest BCUT2D eigenvalue weighted by Crippen LogP contribution is -2.34. The largest absolute Gasteiger partial charge is 0.303 e. The highest BCUT2D eigenvalue weighted by molar-refractivity contribution is 7.80. The Kier molecular flexibility index (Phi) is 4.32. The summed E-state index contributed by atoms with van der Waals surface area (Å²) >= 11 is 4.22. The van der Waals surface area contributed by atoms with Crippen LogP contribution in [0.25, 0.3) is 0 Å². The Balaban J connectivity index is 3.38. The van der Waals surface area contributed by atoms with E-state index in [1.807, 2.05) is 6.92 Å². The van der Waals surface area contributed by atoms with Crippen molar-refractivity contribution < 1.29 is 0 Å². The van der Waals surface area contributed by atoms with Crippen molar-refractivity contribution in [1.29, 1.82) is 0 Å². The minimum Gasteiger partial charge on any atom is -0.303 e. The van der Waals surface area contributed by atoms with E-state index < -0.39 is 0 Å². The molecular formula is C7H17NS. The molecule has 9 heavy (non-hydrogen) atoms. The van der Waals surface area contributed by atoms with Crippen molar-refractivity contribution in [1.82, 2.24) is 5.32 Å². The van der Waals surface area contributed by atoms with Crippen molar-refractivity contribution in [3.63, 3.8) is 0 Å². The van der Waals surface area contributed by atoms with Gasteiger partial charge in [-0.1, -0.05) is 13.8 Å². The van der Waals surface area contributed by atoms with Gasteiger partial charge in [0.15, 0.2) is 0 Å². The van der Waals surface area contributed by atoms with Gasteiger partial charge < -0.3 is 5.32 Å². The molecule has 0 rings (SSSR count). The average Bonchev–Trinajstić information content (AvgIpc) is 1.63. The van der Waals surface area contributed by atoms with E-state index in [-0.39, 0.29) is 0 Å². The van der Waals surface area contributed by atoms with Crippen LogP contribution in [0.2, 0.25) is 0 Å². The molecule has 0 heterocycles. The van der Waals surface area contributed by atoms with Gasteiger partial charge in [0.25, 0.3) is 0 Å². The fourth-order valence-corrected chi connectivity index (χ4v) is 0.808. The average molecular weight is 147 g/mol. The van der Waals surface area contributed by atoms with Crippen LogP contribution in [0.3, 0.4) is 0 Å². The Morgan fingerprint density at radius 1 is 1.11 bits per heavy atom. The van der Waals surface area contributed by atoms with Gasteiger partial charge >= 0.3 is 0 Å². The molecule has 0 bridgehead atoms. The molecule has 1 N–H and O–H groups in total. The van der Waals surface area contributed by atoms with Crippen LogP contribution in [0.5, 0.6) is 0 Å². The molecule has 1 nitrogen and oxygen atoms in total. The van der Waals surface area contributed by atoms with Crippen molar-refractivity contribution in [3.8, 4) is 0 Å². The zero-order valence-electron chi connectivity index (χ0n) is 6.68. The zero-order valence-corrected chi connectivity index (χ0v) is 7.57. The van der Waals surface area contributed by atoms with Crippen molar-refractivity contribution in [2.45, 2.75) is 39.1 Å². The number of nitrogens with one attached hydrogen (secondary N) is 1. The smallest absolute Gasteiger partial charge is 0.0475 e. The second-order valence-electron chi connectivity index (χ2n) is 2.88. The summed E-state index contributed by atoms with van der Waals surface area (Å²) in [6.07, 6.45) is 0. The Labute approximate surface area is 63.6 Å². The summed E-state index contributed by atoms with van der Waals surface area (Å²) < 4.78 is 0. The topological polar surface area (TPSA) is 12.0 Å². The highest BCUT2D eigenvalue weighted by atomic mass is 32.1. The van der Waals surface area contributed by atoms with E-state index in [2.05, 4.69) is 38.7 Å². The third-order valence-corrected chi connectivity index (χ3v) is 1.65. The molecule has 0 saturated heterocycles. The van der Waals surface area contributed by atoms with E-state index in [0.29, 0.717) is 17.3 Å². The van der Waals surface area contributed by atoms with Crippen molar-refractivity contribution in [2.75, 3.05) is 0 Å². The third kappa shape index (κ3) is 4.79. The first-order chi connectivity index (χ1) is 4.04. The molecule has 2 heteroatoms. The molecule has 0 aromatic rings. The molecule has 0 aliphatic heterocycles. The monoisotopic (exact) mass is 147 g/mol. The maximum Gasteiger partial charge on any atom is 0.0475 e. The first-order valence-electron chi connectivity index (χ1n) is 3.48. The van der Waals surface area contributed by atoms with Crippen LogP contribution < -0.4 is 5.32 Å². The molecule has 0 spiro atoms. The number of rotatable bonds is 3. The number of thiol groups is 1. The molecule has 0 aromatic heterocycles. The first kappa shape index (κ1) is 9.31. The van der Waals surface area contributed by atoms with Crippen LogP contribution in [-0.4, -0.2) is 11.4 Å². The van der Waals surface area contributed by atoms with Crippen LogP contribution in [0.1, 0.15) is 27.7 Å². The zero-order chi connectivity index (χ0) is 7.44. The minimum absolute atomic E-state index is 0.308. The minimum atomic E-state index is 0.308. The highest BCUT2D eigenvalue weighted by Gasteiger charge is 2.06. The Morgan fingerprint density at radius 2 is 1.56 bits per heavy atom. The molecule has 0 aromatic carbocycles. The van der Waals surface area contributed by atoms with E-state index in [1.165, 1.54) is 0 Å². The lowest BCUT2D eigenvalue weighted by atomic mass is 10.1. The molecular weight excluding hydrogens is 130 g/mol. The summed E-state index contributed by atoms with van der Waals surface area (Å²) in [7, 11) is 0. The summed E-state index contributed by atoms with van der Waals surface area (Å²) in [5.74, 6) is 0.694. The van der Waals surface area contributed by atoms with Gasteiger partial charge in [-0.15, -0.1) is 0 Å². The van der Waals surface area contributed by atoms with Crippen LogP contribution in [0.15, 0.2) is 0 Å². The summed E-state index contributed by atoms with van der Waals surface area (Å²) in [6.45, 7) is 8.63. The molecule has 0 unspecified atom stereocenters. The van der Waals surface area contributed by atoms with Gasteiger partial charge in [0.1, 0.15) is 0 Å². The van der Waals surface area contributed by atoms with E-state index in [0.717, 1.165) is 0 Å². The van der Waals surface area contributed by atoms with Gasteiger partial charge in [-0.2, -0.15) is 12.6 Å². The molecule has 0 radical (unpaired) electrons. The fourth-order valence-electron chi connectivity index (χ4n) is 0.573. The quantitative estimate of drug-likeness (QED) is 0.459. The summed E-state index contributed by atoms with van der Waals surface area (Å²) in [5, 5.41) is 3.61. The number of hydrogen-bond acceptors (Lipinski definition) is 2. The second-order valence-corrected chi connectivity index (χ2v) is 3.65. The third-order valence-electron chi connectivity index (χ3n) is 1.50. The van der Waals surface area contributed by atoms with E-state index in [9.17, 15) is 0 Å². The molecule has 56 valence electrons. The van der Waals surface area contributed by atoms with Crippen LogP contribution >= 0.6 is 12.6 Å². The fraction of sp³-hybridized carbons (Fsp3) is 1.00. The summed E-state index contributed by atoms with van der Waals surface area (Å²) in [4.78, 5) is 0. The standard InChI is InChI=1S/C7H17NS/c1-5(2)6(3)8-7(4)9/h5-9H,1-4H3/t6-,7+/m1/s1. The predicted molar refractivity (Wildman–Crippen MR) is 45.9 cm³/mol. The Hall–Kier alpha value is 0.310. The van der Waals surface area contributed by atoms with E-state index in [1.54, 1.807) is 0 Å². The van der Waals surface area contributed by atoms with Crippen molar-refractivity contribution in [3.05, 3.63) is 0 Å². The van der Waals surface area contributed by atoms with Gasteiger partial charge in [-0.3, -0.25) is 0 Å². The summed E-state index contributed by atoms with van der Waals surface area (Å²) in [6, 6.07) is 0.567. The normalized spacial score (nSPS) is 18.0. The van der Waals surface area contributed by atoms with E-state index in [4.69, 9.17) is 0 Å². The molecule has 0 fully saturated rings. The maximum atomic E-state index is 4.22. The van der Waals surface area contributed by atoms with Gasteiger partial charge in [-0.05, 0) is 19.8 Å². The molecule has 2 atom stereocenters. The van der Waals surface area contributed by atoms with Gasteiger partial charge in [0.2, 0.25) is 0 Å². The van der Waals surface area contributed by atoms with Gasteiger partial charge in [0.05, 0.1) is 0 Å². The maximum absolute atomic E-state index is 4.22. The number of hydrogen-bond donors (Lipinski definition) is 2. The van der Waals surface area contributed by atoms with Crippen molar-refractivity contribution in [2.24, 2.45) is 5.92 Å². The Bertz CT molecular complexity index is 71.3. The molecule has 0 aliphatic carbocycles. The Morgan fingerprint density at radius 3 is 1.67 bits per heavy atom. The highest BCUT2D eigenvalue weighted by Crippen LogP contribution is 2.01.